The minimum atomic E-state index is 0.250. The molecule has 3 nitrogen and oxygen atoms in total. The first kappa shape index (κ1) is 11.3. The van der Waals surface area contributed by atoms with Gasteiger partial charge in [-0.1, -0.05) is 24.3 Å². The molecule has 2 rings (SSSR count). The first-order chi connectivity index (χ1) is 8.26. The molecule has 0 radical (unpaired) electrons. The zero-order chi connectivity index (χ0) is 12.3. The lowest BCUT2D eigenvalue weighted by Gasteiger charge is -2.10. The van der Waals surface area contributed by atoms with Crippen LogP contribution in [0, 0.1) is 0 Å². The molecule has 0 aliphatic rings. The molecule has 0 fully saturated rings. The van der Waals surface area contributed by atoms with E-state index in [4.69, 9.17) is 9.47 Å². The van der Waals surface area contributed by atoms with Crippen LogP contribution in [0.25, 0.3) is 11.1 Å². The second-order valence-electron chi connectivity index (χ2n) is 3.59. The molecule has 0 amide bonds. The van der Waals surface area contributed by atoms with Gasteiger partial charge in [0.15, 0.2) is 11.5 Å². The average Bonchev–Trinajstić information content (AvgIpc) is 2.38. The Kier molecular flexibility index (Phi) is 3.19. The quantitative estimate of drug-likeness (QED) is 0.880. The van der Waals surface area contributed by atoms with E-state index in [1.165, 1.54) is 0 Å². The third-order valence-corrected chi connectivity index (χ3v) is 2.60. The summed E-state index contributed by atoms with van der Waals surface area (Å²) in [5, 5.41) is 9.78. The third kappa shape index (κ3) is 2.18. The fourth-order valence-electron chi connectivity index (χ4n) is 1.72. The number of hydrogen-bond donors (Lipinski definition) is 1. The topological polar surface area (TPSA) is 38.7 Å². The normalized spacial score (nSPS) is 10.0. The van der Waals surface area contributed by atoms with Crippen LogP contribution in [0.5, 0.6) is 17.2 Å². The molecule has 1 N–H and O–H groups in total. The Morgan fingerprint density at radius 1 is 0.882 bits per heavy atom. The second kappa shape index (κ2) is 4.78. The number of para-hydroxylation sites is 1. The molecule has 0 saturated carbocycles. The highest BCUT2D eigenvalue weighted by atomic mass is 16.5. The summed E-state index contributed by atoms with van der Waals surface area (Å²) >= 11 is 0. The van der Waals surface area contributed by atoms with Crippen LogP contribution in [0.1, 0.15) is 0 Å². The minimum Gasteiger partial charge on any atom is -0.507 e. The van der Waals surface area contributed by atoms with Gasteiger partial charge in [-0.2, -0.15) is 0 Å². The number of benzene rings is 2. The molecule has 88 valence electrons. The van der Waals surface area contributed by atoms with Crippen molar-refractivity contribution >= 4 is 0 Å². The molecule has 2 aromatic rings. The van der Waals surface area contributed by atoms with Gasteiger partial charge in [-0.25, -0.2) is 0 Å². The Morgan fingerprint density at radius 2 is 1.59 bits per heavy atom. The number of phenols is 1. The Morgan fingerprint density at radius 3 is 2.24 bits per heavy atom. The van der Waals surface area contributed by atoms with Crippen molar-refractivity contribution in [2.24, 2.45) is 0 Å². The molecule has 0 unspecified atom stereocenters. The number of rotatable bonds is 3. The maximum absolute atomic E-state index is 9.78. The summed E-state index contributed by atoms with van der Waals surface area (Å²) < 4.78 is 10.4. The lowest BCUT2D eigenvalue weighted by molar-refractivity contribution is 0.355. The molecule has 0 aromatic heterocycles. The van der Waals surface area contributed by atoms with E-state index in [-0.39, 0.29) is 5.75 Å². The molecule has 0 atom stereocenters. The van der Waals surface area contributed by atoms with Crippen LogP contribution in [-0.2, 0) is 0 Å². The second-order valence-corrected chi connectivity index (χ2v) is 3.59. The van der Waals surface area contributed by atoms with E-state index in [2.05, 4.69) is 0 Å². The van der Waals surface area contributed by atoms with Crippen molar-refractivity contribution in [1.29, 1.82) is 0 Å². The summed E-state index contributed by atoms with van der Waals surface area (Å²) in [6.45, 7) is 0. The van der Waals surface area contributed by atoms with Crippen LogP contribution in [0.3, 0.4) is 0 Å². The zero-order valence-electron chi connectivity index (χ0n) is 9.81. The van der Waals surface area contributed by atoms with Gasteiger partial charge < -0.3 is 14.6 Å². The molecular formula is C14H14O3. The fraction of sp³-hybridized carbons (Fsp3) is 0.143. The largest absolute Gasteiger partial charge is 0.507 e. The Labute approximate surface area is 100 Å². The van der Waals surface area contributed by atoms with E-state index in [1.54, 1.807) is 26.4 Å². The van der Waals surface area contributed by atoms with Gasteiger partial charge in [0, 0.05) is 5.56 Å². The molecule has 0 spiro atoms. The van der Waals surface area contributed by atoms with Gasteiger partial charge in [0.2, 0.25) is 0 Å². The van der Waals surface area contributed by atoms with Crippen LogP contribution in [0.4, 0.5) is 0 Å². The van der Waals surface area contributed by atoms with Gasteiger partial charge in [-0.3, -0.25) is 0 Å². The molecule has 0 aliphatic heterocycles. The molecule has 0 bridgehead atoms. The minimum absolute atomic E-state index is 0.250. The first-order valence-corrected chi connectivity index (χ1v) is 5.26. The van der Waals surface area contributed by atoms with Gasteiger partial charge in [0.1, 0.15) is 5.75 Å². The van der Waals surface area contributed by atoms with Crippen molar-refractivity contribution in [3.05, 3.63) is 42.5 Å². The van der Waals surface area contributed by atoms with Crippen molar-refractivity contribution in [2.45, 2.75) is 0 Å². The van der Waals surface area contributed by atoms with Crippen LogP contribution in [-0.4, -0.2) is 19.3 Å². The summed E-state index contributed by atoms with van der Waals surface area (Å²) in [7, 11) is 3.18. The summed E-state index contributed by atoms with van der Waals surface area (Å²) in [6, 6.07) is 12.7. The third-order valence-electron chi connectivity index (χ3n) is 2.60. The maximum Gasteiger partial charge on any atom is 0.161 e. The number of aromatic hydroxyl groups is 1. The number of methoxy groups -OCH3 is 2. The Balaban J connectivity index is 2.50. The van der Waals surface area contributed by atoms with Gasteiger partial charge >= 0.3 is 0 Å². The predicted octanol–water partition coefficient (Wildman–Crippen LogP) is 3.08. The van der Waals surface area contributed by atoms with Crippen LogP contribution in [0.2, 0.25) is 0 Å². The van der Waals surface area contributed by atoms with E-state index in [1.807, 2.05) is 30.3 Å². The smallest absolute Gasteiger partial charge is 0.161 e. The summed E-state index contributed by atoms with van der Waals surface area (Å²) in [4.78, 5) is 0. The highest BCUT2D eigenvalue weighted by Gasteiger charge is 2.08. The molecule has 17 heavy (non-hydrogen) atoms. The van der Waals surface area contributed by atoms with Gasteiger partial charge in [0.25, 0.3) is 0 Å². The lowest BCUT2D eigenvalue weighted by atomic mass is 10.0. The number of ether oxygens (including phenoxy) is 2. The standard InChI is InChI=1S/C14H14O3/c1-16-13-8-7-10(9-14(13)17-2)11-5-3-4-6-12(11)15/h3-9,15H,1-2H3. The number of hydrogen-bond acceptors (Lipinski definition) is 3. The van der Waals surface area contributed by atoms with Crippen molar-refractivity contribution in [3.63, 3.8) is 0 Å². The van der Waals surface area contributed by atoms with Gasteiger partial charge in [0.05, 0.1) is 14.2 Å². The van der Waals surface area contributed by atoms with Crippen molar-refractivity contribution in [3.8, 4) is 28.4 Å². The van der Waals surface area contributed by atoms with Gasteiger partial charge in [-0.15, -0.1) is 0 Å². The van der Waals surface area contributed by atoms with Crippen molar-refractivity contribution in [2.75, 3.05) is 14.2 Å². The van der Waals surface area contributed by atoms with E-state index >= 15 is 0 Å². The van der Waals surface area contributed by atoms with E-state index in [0.29, 0.717) is 11.5 Å². The van der Waals surface area contributed by atoms with Crippen molar-refractivity contribution < 1.29 is 14.6 Å². The lowest BCUT2D eigenvalue weighted by Crippen LogP contribution is -1.90. The van der Waals surface area contributed by atoms with Crippen LogP contribution in [0.15, 0.2) is 42.5 Å². The van der Waals surface area contributed by atoms with Crippen molar-refractivity contribution in [1.82, 2.24) is 0 Å². The van der Waals surface area contributed by atoms with Crippen LogP contribution >= 0.6 is 0 Å². The highest BCUT2D eigenvalue weighted by molar-refractivity contribution is 5.72. The molecular weight excluding hydrogens is 216 g/mol. The predicted molar refractivity (Wildman–Crippen MR) is 66.6 cm³/mol. The summed E-state index contributed by atoms with van der Waals surface area (Å²) in [5.41, 5.74) is 1.66. The monoisotopic (exact) mass is 230 g/mol. The first-order valence-electron chi connectivity index (χ1n) is 5.26. The van der Waals surface area contributed by atoms with E-state index < -0.39 is 0 Å². The maximum atomic E-state index is 9.78. The molecule has 0 saturated heterocycles. The number of phenolic OH excluding ortho intramolecular Hbond substituents is 1. The average molecular weight is 230 g/mol. The molecule has 3 heteroatoms. The summed E-state index contributed by atoms with van der Waals surface area (Å²) in [5.74, 6) is 1.57. The van der Waals surface area contributed by atoms with Gasteiger partial charge in [-0.05, 0) is 23.8 Å². The molecule has 0 aliphatic carbocycles. The Bertz CT molecular complexity index is 521. The highest BCUT2D eigenvalue weighted by Crippen LogP contribution is 2.35. The SMILES string of the molecule is COc1ccc(-c2ccccc2O)cc1OC. The fourth-order valence-corrected chi connectivity index (χ4v) is 1.72. The van der Waals surface area contributed by atoms with Crippen LogP contribution < -0.4 is 9.47 Å². The molecule has 0 heterocycles. The molecule has 2 aromatic carbocycles. The summed E-state index contributed by atoms with van der Waals surface area (Å²) in [6.07, 6.45) is 0. The van der Waals surface area contributed by atoms with E-state index in [9.17, 15) is 5.11 Å². The zero-order valence-corrected chi connectivity index (χ0v) is 9.81. The Hall–Kier alpha value is -2.16. The van der Waals surface area contributed by atoms with E-state index in [0.717, 1.165) is 11.1 Å².